The van der Waals surface area contributed by atoms with Gasteiger partial charge in [-0.3, -0.25) is 9.59 Å². The fourth-order valence-corrected chi connectivity index (χ4v) is 4.48. The molecule has 0 aliphatic carbocycles. The Hall–Kier alpha value is -3.49. The average molecular weight is 471 g/mol. The van der Waals surface area contributed by atoms with Crippen LogP contribution in [0.4, 0.5) is 10.1 Å². The normalized spacial score (nSPS) is 17.7. The van der Waals surface area contributed by atoms with Gasteiger partial charge in [-0.1, -0.05) is 0 Å². The van der Waals surface area contributed by atoms with Crippen molar-refractivity contribution in [3.63, 3.8) is 0 Å². The van der Waals surface area contributed by atoms with E-state index in [4.69, 9.17) is 0 Å². The van der Waals surface area contributed by atoms with Crippen molar-refractivity contribution in [1.29, 1.82) is 5.26 Å². The average Bonchev–Trinajstić information content (AvgIpc) is 3.43. The number of nitrogens with one attached hydrogen (secondary N) is 1. The zero-order valence-electron chi connectivity index (χ0n) is 18.8. The summed E-state index contributed by atoms with van der Waals surface area (Å²) in [6.07, 6.45) is -0.642. The van der Waals surface area contributed by atoms with Gasteiger partial charge in [-0.15, -0.1) is 0 Å². The Morgan fingerprint density at radius 1 is 1.26 bits per heavy atom. The van der Waals surface area contributed by atoms with Gasteiger partial charge < -0.3 is 29.9 Å². The van der Waals surface area contributed by atoms with Crippen LogP contribution in [0.15, 0.2) is 24.5 Å². The van der Waals surface area contributed by atoms with Crippen molar-refractivity contribution in [3.8, 4) is 6.07 Å². The minimum Gasteiger partial charge on any atom is -0.380 e. The lowest BCUT2D eigenvalue weighted by atomic mass is 9.95. The number of anilines is 1. The molecular weight excluding hydrogens is 443 g/mol. The molecule has 1 fully saturated rings. The number of aryl methyl sites for hydroxylation is 1. The number of aromatic nitrogens is 2. The molecule has 0 radical (unpaired) electrons. The first-order valence-corrected chi connectivity index (χ1v) is 11.1. The van der Waals surface area contributed by atoms with Crippen LogP contribution in [-0.2, 0) is 29.7 Å². The largest absolute Gasteiger partial charge is 0.380 e. The maximum absolute atomic E-state index is 13.4. The molecule has 3 heterocycles. The molecule has 34 heavy (non-hydrogen) atoms. The summed E-state index contributed by atoms with van der Waals surface area (Å²) in [4.78, 5) is 32.5. The molecule has 0 bridgehead atoms. The zero-order valence-corrected chi connectivity index (χ0v) is 18.8. The van der Waals surface area contributed by atoms with Gasteiger partial charge in [0.1, 0.15) is 11.9 Å². The summed E-state index contributed by atoms with van der Waals surface area (Å²) in [5, 5.41) is 32.4. The third-order valence-electron chi connectivity index (χ3n) is 6.56. The van der Waals surface area contributed by atoms with Gasteiger partial charge in [0.2, 0.25) is 0 Å². The number of hydrogen-bond donors (Lipinski definition) is 3. The van der Waals surface area contributed by atoms with Crippen molar-refractivity contribution in [2.45, 2.75) is 38.1 Å². The molecule has 2 aliphatic rings. The predicted molar refractivity (Wildman–Crippen MR) is 119 cm³/mol. The van der Waals surface area contributed by atoms with Crippen LogP contribution in [0.2, 0.25) is 0 Å². The lowest BCUT2D eigenvalue weighted by molar-refractivity contribution is -0.153. The summed E-state index contributed by atoms with van der Waals surface area (Å²) in [6, 6.07) is 6.16. The first-order valence-electron chi connectivity index (χ1n) is 11.1. The molecule has 2 atom stereocenters. The van der Waals surface area contributed by atoms with E-state index < -0.39 is 29.8 Å². The molecule has 0 saturated carbocycles. The smallest absolute Gasteiger partial charge is 0.255 e. The molecule has 4 rings (SSSR count). The second-order valence-corrected chi connectivity index (χ2v) is 8.78. The topological polar surface area (TPSA) is 135 Å². The van der Waals surface area contributed by atoms with Crippen LogP contribution in [0, 0.1) is 23.1 Å². The minimum absolute atomic E-state index is 0.130. The van der Waals surface area contributed by atoms with Gasteiger partial charge in [0.05, 0.1) is 42.1 Å². The van der Waals surface area contributed by atoms with Crippen LogP contribution >= 0.6 is 0 Å². The number of carbonyl (C=O) groups is 2. The number of aliphatic hydroxyl groups excluding tert-OH is 2. The van der Waals surface area contributed by atoms with Crippen molar-refractivity contribution < 1.29 is 24.2 Å². The molecule has 3 N–H and O–H groups in total. The molecule has 0 spiro atoms. The van der Waals surface area contributed by atoms with Gasteiger partial charge in [-0.2, -0.15) is 5.26 Å². The summed E-state index contributed by atoms with van der Waals surface area (Å²) >= 11 is 0. The van der Waals surface area contributed by atoms with E-state index in [9.17, 15) is 29.5 Å². The van der Waals surface area contributed by atoms with Gasteiger partial charge in [-0.25, -0.2) is 9.37 Å². The first kappa shape index (κ1) is 23.7. The Bertz CT molecular complexity index is 1120. The van der Waals surface area contributed by atoms with Crippen LogP contribution in [-0.4, -0.2) is 68.3 Å². The molecule has 11 heteroatoms. The Morgan fingerprint density at radius 3 is 2.68 bits per heavy atom. The molecule has 2 amide bonds. The highest BCUT2D eigenvalue weighted by Crippen LogP contribution is 2.27. The van der Waals surface area contributed by atoms with Gasteiger partial charge in [0.15, 0.2) is 12.2 Å². The maximum atomic E-state index is 13.4. The van der Waals surface area contributed by atoms with Crippen molar-refractivity contribution in [2.24, 2.45) is 13.0 Å². The van der Waals surface area contributed by atoms with Gasteiger partial charge >= 0.3 is 0 Å². The van der Waals surface area contributed by atoms with Gasteiger partial charge in [0, 0.05) is 26.7 Å². The number of aliphatic hydroxyl groups is 2. The van der Waals surface area contributed by atoms with Crippen LogP contribution in [0.3, 0.4) is 0 Å². The predicted octanol–water partition coefficient (Wildman–Crippen LogP) is 0.0277. The number of nitrogens with zero attached hydrogens (tertiary/aromatic N) is 5. The van der Waals surface area contributed by atoms with Gasteiger partial charge in [-0.05, 0) is 37.0 Å². The fourth-order valence-electron chi connectivity index (χ4n) is 4.48. The van der Waals surface area contributed by atoms with Crippen molar-refractivity contribution in [2.75, 3.05) is 24.5 Å². The number of fused-ring (bicyclic) bond motifs is 1. The molecular formula is C23H27FN6O4. The number of carbonyl (C=O) groups excluding carboxylic acids is 2. The van der Waals surface area contributed by atoms with Crippen LogP contribution in [0.1, 0.15) is 29.8 Å². The third kappa shape index (κ3) is 4.73. The molecule has 180 valence electrons. The second-order valence-electron chi connectivity index (χ2n) is 8.78. The number of imidazole rings is 1. The van der Waals surface area contributed by atoms with E-state index in [1.807, 2.05) is 18.0 Å². The Morgan fingerprint density at radius 2 is 2.00 bits per heavy atom. The van der Waals surface area contributed by atoms with E-state index in [0.717, 1.165) is 24.2 Å². The van der Waals surface area contributed by atoms with Crippen molar-refractivity contribution >= 4 is 17.5 Å². The summed E-state index contributed by atoms with van der Waals surface area (Å²) < 4.78 is 15.2. The summed E-state index contributed by atoms with van der Waals surface area (Å²) in [5.74, 6) is -1.85. The third-order valence-corrected chi connectivity index (χ3v) is 6.56. The van der Waals surface area contributed by atoms with Crippen molar-refractivity contribution in [3.05, 3.63) is 47.3 Å². The van der Waals surface area contributed by atoms with Gasteiger partial charge in [0.25, 0.3) is 11.8 Å². The lowest BCUT2D eigenvalue weighted by Gasteiger charge is -2.34. The highest BCUT2D eigenvalue weighted by Gasteiger charge is 2.37. The Labute approximate surface area is 196 Å². The monoisotopic (exact) mass is 470 g/mol. The van der Waals surface area contributed by atoms with E-state index in [-0.39, 0.29) is 31.1 Å². The number of halogens is 1. The maximum Gasteiger partial charge on any atom is 0.255 e. The minimum atomic E-state index is -1.87. The zero-order chi connectivity index (χ0) is 24.4. The van der Waals surface area contributed by atoms with Crippen LogP contribution < -0.4 is 10.2 Å². The fraction of sp³-hybridized carbons (Fsp3) is 0.478. The van der Waals surface area contributed by atoms with E-state index in [2.05, 4.69) is 10.3 Å². The number of hydrogen-bond acceptors (Lipinski definition) is 7. The molecule has 2 aromatic rings. The number of benzene rings is 1. The second kappa shape index (κ2) is 9.79. The molecule has 2 aliphatic heterocycles. The quantitative estimate of drug-likeness (QED) is 0.542. The Kier molecular flexibility index (Phi) is 6.81. The van der Waals surface area contributed by atoms with E-state index in [1.165, 1.54) is 17.0 Å². The SMILES string of the molecule is Cn1cnc2c1CN(C(=O)[C@H](O)[C@@H](O)C(=O)NCC1CCN(c3ccc(F)cc3C#N)CC1)C2. The summed E-state index contributed by atoms with van der Waals surface area (Å²) in [6.45, 7) is 2.04. The standard InChI is InChI=1S/C23H27FN6O4/c1-28-13-27-17-11-30(12-19(17)28)23(34)21(32)20(31)22(33)26-10-14-4-6-29(7-5-14)18-3-2-16(24)8-15(18)9-25/h2-3,8,13-14,20-21,31-32H,4-7,10-12H2,1H3,(H,26,33)/t20-,21-/m1/s1. The molecule has 1 aromatic carbocycles. The van der Waals surface area contributed by atoms with Crippen LogP contribution in [0.25, 0.3) is 0 Å². The van der Waals surface area contributed by atoms with Crippen LogP contribution in [0.5, 0.6) is 0 Å². The highest BCUT2D eigenvalue weighted by atomic mass is 19.1. The molecule has 1 saturated heterocycles. The molecule has 10 nitrogen and oxygen atoms in total. The molecule has 1 aromatic heterocycles. The Balaban J connectivity index is 1.24. The lowest BCUT2D eigenvalue weighted by Crippen LogP contribution is -2.50. The van der Waals surface area contributed by atoms with E-state index >= 15 is 0 Å². The van der Waals surface area contributed by atoms with Crippen molar-refractivity contribution in [1.82, 2.24) is 19.8 Å². The summed E-state index contributed by atoms with van der Waals surface area (Å²) in [7, 11) is 1.81. The highest BCUT2D eigenvalue weighted by molar-refractivity contribution is 5.90. The van der Waals surface area contributed by atoms with E-state index in [1.54, 1.807) is 17.0 Å². The number of piperidine rings is 1. The number of amides is 2. The first-order chi connectivity index (χ1) is 16.3. The summed E-state index contributed by atoms with van der Waals surface area (Å²) in [5.41, 5.74) is 2.55. The number of rotatable bonds is 6. The van der Waals surface area contributed by atoms with E-state index in [0.29, 0.717) is 18.8 Å². The number of nitriles is 1. The molecule has 0 unspecified atom stereocenters.